The van der Waals surface area contributed by atoms with Gasteiger partial charge in [0.2, 0.25) is 0 Å². The summed E-state index contributed by atoms with van der Waals surface area (Å²) < 4.78 is 11.1. The highest BCUT2D eigenvalue weighted by Crippen LogP contribution is 2.36. The predicted molar refractivity (Wildman–Crippen MR) is 85.4 cm³/mol. The molecular formula is C16H19ClN2O3. The van der Waals surface area contributed by atoms with Crippen molar-refractivity contribution in [1.82, 2.24) is 10.3 Å². The Morgan fingerprint density at radius 3 is 2.86 bits per heavy atom. The lowest BCUT2D eigenvalue weighted by Crippen LogP contribution is -2.17. The first-order valence-corrected chi connectivity index (χ1v) is 7.32. The number of methoxy groups -OCH3 is 1. The van der Waals surface area contributed by atoms with Crippen molar-refractivity contribution in [2.45, 2.75) is 13.2 Å². The number of aromatic nitrogens is 1. The highest BCUT2D eigenvalue weighted by molar-refractivity contribution is 6.32. The zero-order chi connectivity index (χ0) is 15.8. The second-order valence-electron chi connectivity index (χ2n) is 4.66. The third-order valence-corrected chi connectivity index (χ3v) is 3.29. The number of ether oxygens (including phenoxy) is 2. The maximum atomic E-state index is 8.78. The smallest absolute Gasteiger partial charge is 0.180 e. The summed E-state index contributed by atoms with van der Waals surface area (Å²) in [6.45, 7) is 1.59. The van der Waals surface area contributed by atoms with Crippen molar-refractivity contribution in [2.24, 2.45) is 0 Å². The highest BCUT2D eigenvalue weighted by Gasteiger charge is 2.12. The molecule has 2 N–H and O–H groups in total. The Morgan fingerprint density at radius 1 is 1.32 bits per heavy atom. The van der Waals surface area contributed by atoms with Crippen LogP contribution in [0, 0.1) is 0 Å². The van der Waals surface area contributed by atoms with Gasteiger partial charge in [-0.1, -0.05) is 17.7 Å². The first-order chi connectivity index (χ1) is 10.7. The molecule has 0 atom stereocenters. The summed E-state index contributed by atoms with van der Waals surface area (Å²) in [5, 5.41) is 12.4. The van der Waals surface area contributed by atoms with Crippen LogP contribution in [-0.4, -0.2) is 30.4 Å². The molecule has 0 aliphatic rings. The van der Waals surface area contributed by atoms with Gasteiger partial charge >= 0.3 is 0 Å². The zero-order valence-electron chi connectivity index (χ0n) is 12.4. The molecule has 0 fully saturated rings. The van der Waals surface area contributed by atoms with Gasteiger partial charge < -0.3 is 19.9 Å². The molecule has 118 valence electrons. The van der Waals surface area contributed by atoms with Crippen molar-refractivity contribution < 1.29 is 14.6 Å². The van der Waals surface area contributed by atoms with Crippen LogP contribution in [0.1, 0.15) is 11.1 Å². The quantitative estimate of drug-likeness (QED) is 0.731. The first-order valence-electron chi connectivity index (χ1n) is 6.94. The SMILES string of the molecule is COc1cc(CNCCO)cc(Cl)c1OCc1cccnc1. The zero-order valence-corrected chi connectivity index (χ0v) is 13.1. The van der Waals surface area contributed by atoms with Crippen LogP contribution < -0.4 is 14.8 Å². The van der Waals surface area contributed by atoms with Gasteiger partial charge in [-0.2, -0.15) is 0 Å². The fourth-order valence-electron chi connectivity index (χ4n) is 1.97. The molecule has 1 aromatic heterocycles. The number of aliphatic hydroxyl groups excluding tert-OH is 1. The standard InChI is InChI=1S/C16H19ClN2O3/c1-21-15-8-13(10-19-5-6-20)7-14(17)16(15)22-11-12-3-2-4-18-9-12/h2-4,7-9,19-20H,5-6,10-11H2,1H3. The predicted octanol–water partition coefficient (Wildman–Crippen LogP) is 2.40. The molecule has 6 heteroatoms. The van der Waals surface area contributed by atoms with Gasteiger partial charge in [-0.05, 0) is 23.8 Å². The minimum atomic E-state index is 0.0944. The molecule has 1 aromatic carbocycles. The van der Waals surface area contributed by atoms with E-state index in [9.17, 15) is 0 Å². The van der Waals surface area contributed by atoms with Crippen LogP contribution in [0.25, 0.3) is 0 Å². The summed E-state index contributed by atoms with van der Waals surface area (Å²) in [6.07, 6.45) is 3.46. The Morgan fingerprint density at radius 2 is 2.18 bits per heavy atom. The van der Waals surface area contributed by atoms with Crippen LogP contribution in [0.3, 0.4) is 0 Å². The average Bonchev–Trinajstić information content (AvgIpc) is 2.54. The number of halogens is 1. The van der Waals surface area contributed by atoms with E-state index in [1.54, 1.807) is 19.5 Å². The topological polar surface area (TPSA) is 63.6 Å². The normalized spacial score (nSPS) is 10.5. The molecule has 0 spiro atoms. The molecule has 0 saturated carbocycles. The summed E-state index contributed by atoms with van der Waals surface area (Å²) >= 11 is 6.29. The molecule has 0 saturated heterocycles. The van der Waals surface area contributed by atoms with Crippen LogP contribution in [0.4, 0.5) is 0 Å². The molecule has 0 bridgehead atoms. The molecule has 0 aliphatic carbocycles. The van der Waals surface area contributed by atoms with Crippen molar-refractivity contribution in [3.05, 3.63) is 52.8 Å². The number of hydrogen-bond donors (Lipinski definition) is 2. The van der Waals surface area contributed by atoms with Crippen molar-refractivity contribution in [3.63, 3.8) is 0 Å². The number of rotatable bonds is 8. The second kappa shape index (κ2) is 8.58. The fraction of sp³-hybridized carbons (Fsp3) is 0.312. The Kier molecular flexibility index (Phi) is 6.45. The van der Waals surface area contributed by atoms with E-state index in [-0.39, 0.29) is 6.61 Å². The molecular weight excluding hydrogens is 304 g/mol. The first kappa shape index (κ1) is 16.5. The third kappa shape index (κ3) is 4.59. The lowest BCUT2D eigenvalue weighted by molar-refractivity contribution is 0.283. The minimum Gasteiger partial charge on any atom is -0.493 e. The molecule has 0 aliphatic heterocycles. The number of benzene rings is 1. The van der Waals surface area contributed by atoms with Crippen molar-refractivity contribution in [3.8, 4) is 11.5 Å². The largest absolute Gasteiger partial charge is 0.493 e. The van der Waals surface area contributed by atoms with Gasteiger partial charge in [-0.25, -0.2) is 0 Å². The number of aliphatic hydroxyl groups is 1. The Balaban J connectivity index is 2.09. The van der Waals surface area contributed by atoms with Crippen LogP contribution in [0.5, 0.6) is 11.5 Å². The molecule has 2 aromatic rings. The number of hydrogen-bond acceptors (Lipinski definition) is 5. The van der Waals surface area contributed by atoms with E-state index >= 15 is 0 Å². The van der Waals surface area contributed by atoms with E-state index in [1.165, 1.54) is 0 Å². The lowest BCUT2D eigenvalue weighted by Gasteiger charge is -2.14. The van der Waals surface area contributed by atoms with Crippen LogP contribution in [0.2, 0.25) is 5.02 Å². The van der Waals surface area contributed by atoms with Gasteiger partial charge in [0.15, 0.2) is 11.5 Å². The molecule has 0 amide bonds. The number of nitrogens with one attached hydrogen (secondary N) is 1. The van der Waals surface area contributed by atoms with E-state index in [4.69, 9.17) is 26.2 Å². The lowest BCUT2D eigenvalue weighted by atomic mass is 10.2. The summed E-state index contributed by atoms with van der Waals surface area (Å²) in [7, 11) is 1.58. The molecule has 1 heterocycles. The average molecular weight is 323 g/mol. The Labute approximate surface area is 134 Å². The summed E-state index contributed by atoms with van der Waals surface area (Å²) in [5.41, 5.74) is 1.92. The van der Waals surface area contributed by atoms with Gasteiger partial charge in [0.05, 0.1) is 18.7 Å². The monoisotopic (exact) mass is 322 g/mol. The summed E-state index contributed by atoms with van der Waals surface area (Å²) in [5.74, 6) is 1.09. The van der Waals surface area contributed by atoms with E-state index in [2.05, 4.69) is 10.3 Å². The minimum absolute atomic E-state index is 0.0944. The second-order valence-corrected chi connectivity index (χ2v) is 5.07. The Bertz CT molecular complexity index is 593. The van der Waals surface area contributed by atoms with Gasteiger partial charge in [-0.15, -0.1) is 0 Å². The highest BCUT2D eigenvalue weighted by atomic mass is 35.5. The fourth-order valence-corrected chi connectivity index (χ4v) is 2.25. The molecule has 2 rings (SSSR count). The third-order valence-electron chi connectivity index (χ3n) is 3.01. The molecule has 22 heavy (non-hydrogen) atoms. The number of pyridine rings is 1. The van der Waals surface area contributed by atoms with Crippen LogP contribution in [0.15, 0.2) is 36.7 Å². The summed E-state index contributed by atoms with van der Waals surface area (Å²) in [4.78, 5) is 4.04. The summed E-state index contributed by atoms with van der Waals surface area (Å²) in [6, 6.07) is 7.48. The maximum Gasteiger partial charge on any atom is 0.180 e. The van der Waals surface area contributed by atoms with Crippen molar-refractivity contribution in [2.75, 3.05) is 20.3 Å². The van der Waals surface area contributed by atoms with Gasteiger partial charge in [0.25, 0.3) is 0 Å². The van der Waals surface area contributed by atoms with Crippen LogP contribution in [-0.2, 0) is 13.2 Å². The van der Waals surface area contributed by atoms with Gasteiger partial charge in [0.1, 0.15) is 6.61 Å². The van der Waals surface area contributed by atoms with Crippen LogP contribution >= 0.6 is 11.6 Å². The molecule has 0 unspecified atom stereocenters. The molecule has 5 nitrogen and oxygen atoms in total. The van der Waals surface area contributed by atoms with E-state index in [0.717, 1.165) is 11.1 Å². The number of nitrogens with zero attached hydrogens (tertiary/aromatic N) is 1. The van der Waals surface area contributed by atoms with Gasteiger partial charge in [0, 0.05) is 31.0 Å². The van der Waals surface area contributed by atoms with Crippen molar-refractivity contribution in [1.29, 1.82) is 0 Å². The Hall–Kier alpha value is -1.82. The van der Waals surface area contributed by atoms with Gasteiger partial charge in [-0.3, -0.25) is 4.98 Å². The maximum absolute atomic E-state index is 8.78. The van der Waals surface area contributed by atoms with E-state index in [1.807, 2.05) is 24.3 Å². The van der Waals surface area contributed by atoms with E-state index in [0.29, 0.717) is 36.2 Å². The molecule has 0 radical (unpaired) electrons. The van der Waals surface area contributed by atoms with Crippen molar-refractivity contribution >= 4 is 11.6 Å². The van der Waals surface area contributed by atoms with E-state index < -0.39 is 0 Å².